The van der Waals surface area contributed by atoms with E-state index in [9.17, 15) is 14.4 Å². The Hall–Kier alpha value is -4.17. The summed E-state index contributed by atoms with van der Waals surface area (Å²) in [5.74, 6) is -1.32. The fraction of sp³-hybridized carbons (Fsp3) is 0.323. The maximum Gasteiger partial charge on any atom is 0.335 e. The Bertz CT molecular complexity index is 1280. The maximum absolute atomic E-state index is 12.5. The molecule has 1 saturated carbocycles. The molecule has 2 fully saturated rings. The Morgan fingerprint density at radius 3 is 1.69 bits per heavy atom. The summed E-state index contributed by atoms with van der Waals surface area (Å²) in [4.78, 5) is 40.7. The lowest BCUT2D eigenvalue weighted by atomic mass is 9.81. The standard InChI is InChI=1S/C31H34N4O4/c36-29(24-6-8-26(9-7-24)31(38)39)32-33-30(37)25-12-16-28(17-13-25)35-20-18-34(19-21-35)27-14-10-23(11-15-27)22-4-2-1-3-5-22/h1-9,12-13,16-17,23,27H,10-11,14-15,18-21H2,(H,32,36)(H,33,37)(H,38,39). The van der Waals surface area contributed by atoms with Gasteiger partial charge >= 0.3 is 5.97 Å². The number of rotatable bonds is 6. The summed E-state index contributed by atoms with van der Waals surface area (Å²) in [7, 11) is 0. The molecule has 3 aromatic rings. The molecule has 8 nitrogen and oxygen atoms in total. The van der Waals surface area contributed by atoms with E-state index in [1.165, 1.54) is 55.5 Å². The van der Waals surface area contributed by atoms with Crippen LogP contribution in [0.3, 0.4) is 0 Å². The van der Waals surface area contributed by atoms with Gasteiger partial charge in [-0.1, -0.05) is 30.3 Å². The Balaban J connectivity index is 1.06. The van der Waals surface area contributed by atoms with Gasteiger partial charge in [0.15, 0.2) is 0 Å². The van der Waals surface area contributed by atoms with Gasteiger partial charge in [-0.3, -0.25) is 25.3 Å². The number of benzene rings is 3. The molecule has 1 aliphatic carbocycles. The molecule has 0 bridgehead atoms. The Morgan fingerprint density at radius 1 is 0.641 bits per heavy atom. The third-order valence-electron chi connectivity index (χ3n) is 7.98. The van der Waals surface area contributed by atoms with Crippen LogP contribution in [0.1, 0.15) is 68.2 Å². The molecule has 2 aliphatic rings. The molecule has 3 N–H and O–H groups in total. The number of nitrogens with zero attached hydrogens (tertiary/aromatic N) is 2. The number of nitrogens with one attached hydrogen (secondary N) is 2. The van der Waals surface area contributed by atoms with Crippen LogP contribution < -0.4 is 15.8 Å². The first-order chi connectivity index (χ1) is 19.0. The second kappa shape index (κ2) is 12.1. The molecular formula is C31H34N4O4. The van der Waals surface area contributed by atoms with E-state index in [-0.39, 0.29) is 11.1 Å². The fourth-order valence-corrected chi connectivity index (χ4v) is 5.69. The second-order valence-corrected chi connectivity index (χ2v) is 10.3. The Morgan fingerprint density at radius 2 is 1.15 bits per heavy atom. The lowest BCUT2D eigenvalue weighted by Gasteiger charge is -2.42. The van der Waals surface area contributed by atoms with E-state index in [1.807, 2.05) is 12.1 Å². The predicted octanol–water partition coefficient (Wildman–Crippen LogP) is 4.31. The highest BCUT2D eigenvalue weighted by Gasteiger charge is 2.29. The second-order valence-electron chi connectivity index (χ2n) is 10.3. The number of hydrazine groups is 1. The van der Waals surface area contributed by atoms with Gasteiger partial charge in [0.05, 0.1) is 5.56 Å². The largest absolute Gasteiger partial charge is 0.478 e. The van der Waals surface area contributed by atoms with E-state index in [4.69, 9.17) is 5.11 Å². The maximum atomic E-state index is 12.5. The van der Waals surface area contributed by atoms with Gasteiger partial charge < -0.3 is 10.0 Å². The van der Waals surface area contributed by atoms with E-state index >= 15 is 0 Å². The van der Waals surface area contributed by atoms with E-state index in [0.717, 1.165) is 31.9 Å². The van der Waals surface area contributed by atoms with Crippen molar-refractivity contribution in [3.05, 3.63) is 101 Å². The predicted molar refractivity (Wildman–Crippen MR) is 150 cm³/mol. The number of hydrogen-bond acceptors (Lipinski definition) is 5. The average Bonchev–Trinajstić information content (AvgIpc) is 3.00. The molecule has 0 radical (unpaired) electrons. The average molecular weight is 527 g/mol. The van der Waals surface area contributed by atoms with Crippen LogP contribution in [-0.4, -0.2) is 60.0 Å². The highest BCUT2D eigenvalue weighted by atomic mass is 16.4. The highest BCUT2D eigenvalue weighted by Crippen LogP contribution is 2.35. The van der Waals surface area contributed by atoms with E-state index < -0.39 is 17.8 Å². The molecule has 202 valence electrons. The number of carboxylic acid groups (broad SMARTS) is 1. The van der Waals surface area contributed by atoms with Crippen molar-refractivity contribution < 1.29 is 19.5 Å². The number of hydrogen-bond donors (Lipinski definition) is 3. The minimum atomic E-state index is -1.07. The van der Waals surface area contributed by atoms with Crippen LogP contribution in [-0.2, 0) is 0 Å². The summed E-state index contributed by atoms with van der Waals surface area (Å²) in [6.45, 7) is 4.01. The molecule has 1 aliphatic heterocycles. The normalized spacial score (nSPS) is 19.7. The van der Waals surface area contributed by atoms with E-state index in [2.05, 4.69) is 51.0 Å². The number of anilines is 1. The molecule has 2 amide bonds. The van der Waals surface area contributed by atoms with Crippen LogP contribution in [0.5, 0.6) is 0 Å². The molecule has 39 heavy (non-hydrogen) atoms. The van der Waals surface area contributed by atoms with Crippen LogP contribution in [0, 0.1) is 0 Å². The minimum Gasteiger partial charge on any atom is -0.478 e. The number of carbonyl (C=O) groups excluding carboxylic acids is 2. The van der Waals surface area contributed by atoms with Crippen LogP contribution in [0.2, 0.25) is 0 Å². The van der Waals surface area contributed by atoms with Crippen molar-refractivity contribution in [2.45, 2.75) is 37.6 Å². The van der Waals surface area contributed by atoms with Crippen LogP contribution in [0.15, 0.2) is 78.9 Å². The van der Waals surface area contributed by atoms with Crippen molar-refractivity contribution in [1.29, 1.82) is 0 Å². The molecule has 1 heterocycles. The third-order valence-corrected chi connectivity index (χ3v) is 7.98. The number of carboxylic acids is 1. The molecule has 0 spiro atoms. The molecule has 0 aromatic heterocycles. The van der Waals surface area contributed by atoms with Crippen molar-refractivity contribution in [3.63, 3.8) is 0 Å². The lowest BCUT2D eigenvalue weighted by molar-refractivity contribution is 0.0696. The van der Waals surface area contributed by atoms with Crippen molar-refractivity contribution in [1.82, 2.24) is 15.8 Å². The molecule has 0 unspecified atom stereocenters. The summed E-state index contributed by atoms with van der Waals surface area (Å²) in [5, 5.41) is 8.96. The number of piperazine rings is 1. The zero-order chi connectivity index (χ0) is 27.2. The van der Waals surface area contributed by atoms with Gasteiger partial charge in [0, 0.05) is 49.0 Å². The van der Waals surface area contributed by atoms with Gasteiger partial charge in [-0.2, -0.15) is 0 Å². The van der Waals surface area contributed by atoms with Crippen molar-refractivity contribution >= 4 is 23.5 Å². The van der Waals surface area contributed by atoms with Crippen LogP contribution >= 0.6 is 0 Å². The minimum absolute atomic E-state index is 0.0862. The SMILES string of the molecule is O=C(O)c1ccc(C(=O)NNC(=O)c2ccc(N3CCN(C4CCC(c5ccccc5)CC4)CC3)cc2)cc1. The molecule has 0 atom stereocenters. The quantitative estimate of drug-likeness (QED) is 0.414. The van der Waals surface area contributed by atoms with Crippen LogP contribution in [0.4, 0.5) is 5.69 Å². The first-order valence-corrected chi connectivity index (χ1v) is 13.6. The first kappa shape index (κ1) is 26.4. The van der Waals surface area contributed by atoms with Gasteiger partial charge in [0.1, 0.15) is 0 Å². The summed E-state index contributed by atoms with van der Waals surface area (Å²) in [6.07, 6.45) is 5.03. The van der Waals surface area contributed by atoms with E-state index in [1.54, 1.807) is 12.1 Å². The molecule has 8 heteroatoms. The number of amides is 2. The van der Waals surface area contributed by atoms with Gasteiger partial charge in [0.2, 0.25) is 0 Å². The monoisotopic (exact) mass is 526 g/mol. The third kappa shape index (κ3) is 6.46. The molecule has 3 aromatic carbocycles. The first-order valence-electron chi connectivity index (χ1n) is 13.6. The number of aromatic carboxylic acids is 1. The molecule has 5 rings (SSSR count). The van der Waals surface area contributed by atoms with Crippen LogP contribution in [0.25, 0.3) is 0 Å². The lowest BCUT2D eigenvalue weighted by Crippen LogP contribution is -2.51. The van der Waals surface area contributed by atoms with Gasteiger partial charge in [0.25, 0.3) is 11.8 Å². The fourth-order valence-electron chi connectivity index (χ4n) is 5.69. The van der Waals surface area contributed by atoms with Gasteiger partial charge in [-0.05, 0) is 85.7 Å². The zero-order valence-corrected chi connectivity index (χ0v) is 21.9. The number of carbonyl (C=O) groups is 3. The molecular weight excluding hydrogens is 492 g/mol. The van der Waals surface area contributed by atoms with Crippen molar-refractivity contribution in [2.24, 2.45) is 0 Å². The molecule has 1 saturated heterocycles. The summed E-state index contributed by atoms with van der Waals surface area (Å²) >= 11 is 0. The van der Waals surface area contributed by atoms with Crippen molar-refractivity contribution in [2.75, 3.05) is 31.1 Å². The Labute approximate surface area is 228 Å². The summed E-state index contributed by atoms with van der Waals surface area (Å²) in [6, 6.07) is 24.5. The van der Waals surface area contributed by atoms with Crippen molar-refractivity contribution in [3.8, 4) is 0 Å². The topological polar surface area (TPSA) is 102 Å². The highest BCUT2D eigenvalue weighted by molar-refractivity contribution is 5.99. The Kier molecular flexibility index (Phi) is 8.22. The summed E-state index contributed by atoms with van der Waals surface area (Å²) < 4.78 is 0. The summed E-state index contributed by atoms with van der Waals surface area (Å²) in [5.41, 5.74) is 8.12. The zero-order valence-electron chi connectivity index (χ0n) is 21.9. The smallest absolute Gasteiger partial charge is 0.335 e. The van der Waals surface area contributed by atoms with E-state index in [0.29, 0.717) is 17.5 Å². The van der Waals surface area contributed by atoms with Gasteiger partial charge in [-0.15, -0.1) is 0 Å². The van der Waals surface area contributed by atoms with Gasteiger partial charge in [-0.25, -0.2) is 4.79 Å².